The van der Waals surface area contributed by atoms with Gasteiger partial charge in [-0.25, -0.2) is 4.79 Å². The molecule has 34 heavy (non-hydrogen) atoms. The molecule has 11 nitrogen and oxygen atoms in total. The molecule has 4 rings (SSSR count). The molecule has 2 bridgehead atoms. The molecule has 4 heterocycles. The summed E-state index contributed by atoms with van der Waals surface area (Å²) in [7, 11) is 3.56. The number of hydrogen-bond donors (Lipinski definition) is 3. The SMILES string of the molecule is COc1cc(Nc2cc(CO)[nH]n2)nc(N(C)C2C[C@H]3CCC[C@@H](C2)N3C(=O)OCC(C)C)n1. The van der Waals surface area contributed by atoms with Crippen LogP contribution in [0.25, 0.3) is 0 Å². The van der Waals surface area contributed by atoms with E-state index in [4.69, 9.17) is 9.47 Å². The van der Waals surface area contributed by atoms with Gasteiger partial charge in [0, 0.05) is 37.3 Å². The fourth-order valence-electron chi connectivity index (χ4n) is 4.82. The number of aliphatic hydroxyl groups excluding tert-OH is 1. The minimum absolute atomic E-state index is 0.123. The maximum atomic E-state index is 12.8. The highest BCUT2D eigenvalue weighted by atomic mass is 16.6. The van der Waals surface area contributed by atoms with Crippen LogP contribution < -0.4 is 15.0 Å². The van der Waals surface area contributed by atoms with Crippen LogP contribution in [0.15, 0.2) is 12.1 Å². The van der Waals surface area contributed by atoms with Crippen molar-refractivity contribution in [2.75, 3.05) is 31.0 Å². The van der Waals surface area contributed by atoms with Crippen molar-refractivity contribution in [1.29, 1.82) is 0 Å². The number of nitrogens with one attached hydrogen (secondary N) is 2. The zero-order valence-electron chi connectivity index (χ0n) is 20.3. The number of H-pyrrole nitrogens is 1. The van der Waals surface area contributed by atoms with Crippen LogP contribution in [-0.2, 0) is 11.3 Å². The Balaban J connectivity index is 1.49. The molecule has 0 saturated carbocycles. The Morgan fingerprint density at radius 2 is 2.00 bits per heavy atom. The van der Waals surface area contributed by atoms with E-state index in [1.165, 1.54) is 0 Å². The van der Waals surface area contributed by atoms with Crippen molar-refractivity contribution in [2.24, 2.45) is 5.92 Å². The highest BCUT2D eigenvalue weighted by Crippen LogP contribution is 2.37. The third-order valence-corrected chi connectivity index (χ3v) is 6.52. The number of carbonyl (C=O) groups is 1. The molecule has 1 amide bonds. The van der Waals surface area contributed by atoms with Gasteiger partial charge < -0.3 is 29.7 Å². The van der Waals surface area contributed by atoms with Gasteiger partial charge in [0.15, 0.2) is 5.82 Å². The average Bonchev–Trinajstić information content (AvgIpc) is 3.28. The molecule has 2 fully saturated rings. The molecule has 0 spiro atoms. The Labute approximate surface area is 199 Å². The number of piperidine rings is 2. The maximum absolute atomic E-state index is 12.8. The third kappa shape index (κ3) is 5.35. The molecule has 3 N–H and O–H groups in total. The van der Waals surface area contributed by atoms with Crippen molar-refractivity contribution in [3.05, 3.63) is 17.8 Å². The molecule has 3 atom stereocenters. The number of nitrogens with zero attached hydrogens (tertiary/aromatic N) is 5. The minimum Gasteiger partial charge on any atom is -0.481 e. The fourth-order valence-corrected chi connectivity index (χ4v) is 4.82. The lowest BCUT2D eigenvalue weighted by molar-refractivity contribution is 0.0132. The number of carbonyl (C=O) groups excluding carboxylic acids is 1. The van der Waals surface area contributed by atoms with Crippen LogP contribution in [0.1, 0.15) is 51.6 Å². The molecule has 2 aromatic heterocycles. The predicted octanol–water partition coefficient (Wildman–Crippen LogP) is 3.06. The molecule has 0 radical (unpaired) electrons. The summed E-state index contributed by atoms with van der Waals surface area (Å²) in [6, 6.07) is 3.92. The topological polar surface area (TPSA) is 129 Å². The van der Waals surface area contributed by atoms with E-state index in [0.717, 1.165) is 32.1 Å². The van der Waals surface area contributed by atoms with Crippen molar-refractivity contribution in [3.8, 4) is 5.88 Å². The molecule has 1 unspecified atom stereocenters. The van der Waals surface area contributed by atoms with E-state index >= 15 is 0 Å². The van der Waals surface area contributed by atoms with Crippen LogP contribution in [0.2, 0.25) is 0 Å². The average molecular weight is 474 g/mol. The van der Waals surface area contributed by atoms with E-state index < -0.39 is 0 Å². The summed E-state index contributed by atoms with van der Waals surface area (Å²) in [5, 5.41) is 19.3. The van der Waals surface area contributed by atoms with Gasteiger partial charge in [0.25, 0.3) is 0 Å². The second-order valence-electron chi connectivity index (χ2n) is 9.51. The zero-order valence-corrected chi connectivity index (χ0v) is 20.3. The molecule has 186 valence electrons. The number of rotatable bonds is 8. The maximum Gasteiger partial charge on any atom is 0.410 e. The Morgan fingerprint density at radius 3 is 2.62 bits per heavy atom. The lowest BCUT2D eigenvalue weighted by atomic mass is 9.81. The molecular formula is C23H35N7O4. The van der Waals surface area contributed by atoms with E-state index in [2.05, 4.69) is 30.4 Å². The first-order valence-electron chi connectivity index (χ1n) is 11.9. The normalized spacial score (nSPS) is 21.9. The van der Waals surface area contributed by atoms with Crippen molar-refractivity contribution in [3.63, 3.8) is 0 Å². The van der Waals surface area contributed by atoms with Crippen molar-refractivity contribution in [1.82, 2.24) is 25.1 Å². The second-order valence-corrected chi connectivity index (χ2v) is 9.51. The van der Waals surface area contributed by atoms with Gasteiger partial charge in [-0.1, -0.05) is 13.8 Å². The first-order chi connectivity index (χ1) is 16.4. The Morgan fingerprint density at radius 1 is 1.26 bits per heavy atom. The number of fused-ring (bicyclic) bond motifs is 2. The molecule has 0 aliphatic carbocycles. The zero-order chi connectivity index (χ0) is 24.2. The Kier molecular flexibility index (Phi) is 7.40. The first kappa shape index (κ1) is 24.1. The molecule has 2 aliphatic rings. The lowest BCUT2D eigenvalue weighted by Crippen LogP contribution is -2.58. The summed E-state index contributed by atoms with van der Waals surface area (Å²) in [6.07, 6.45) is 4.59. The van der Waals surface area contributed by atoms with Gasteiger partial charge >= 0.3 is 6.09 Å². The molecule has 2 aliphatic heterocycles. The van der Waals surface area contributed by atoms with Crippen LogP contribution >= 0.6 is 0 Å². The third-order valence-electron chi connectivity index (χ3n) is 6.52. The van der Waals surface area contributed by atoms with Gasteiger partial charge in [-0.3, -0.25) is 5.10 Å². The van der Waals surface area contributed by atoms with Gasteiger partial charge in [0.2, 0.25) is 11.8 Å². The minimum atomic E-state index is -0.185. The standard InChI is InChI=1S/C23H35N7O4/c1-14(2)13-34-23(32)30-16-6-5-7-17(30)10-18(9-16)29(3)22-25-19(11-21(26-22)33-4)24-20-8-15(12-31)27-28-20/h8,11,14,16-18,31H,5-7,9-10,12-13H2,1-4H3,(H2,24,25,26,27,28)/t16-,17+,18?. The van der Waals surface area contributed by atoms with Gasteiger partial charge in [-0.15, -0.1) is 0 Å². The highest BCUT2D eigenvalue weighted by molar-refractivity contribution is 5.69. The van der Waals surface area contributed by atoms with Crippen molar-refractivity contribution in [2.45, 2.75) is 70.7 Å². The van der Waals surface area contributed by atoms with Gasteiger partial charge in [0.1, 0.15) is 5.82 Å². The number of ether oxygens (including phenoxy) is 2. The smallest absolute Gasteiger partial charge is 0.410 e. The van der Waals surface area contributed by atoms with E-state index in [1.807, 2.05) is 25.8 Å². The molecule has 0 aromatic carbocycles. The van der Waals surface area contributed by atoms with Crippen LogP contribution in [0.5, 0.6) is 5.88 Å². The van der Waals surface area contributed by atoms with Crippen LogP contribution in [0.4, 0.5) is 22.4 Å². The van der Waals surface area contributed by atoms with Crippen LogP contribution in [-0.4, -0.2) is 75.2 Å². The second kappa shape index (κ2) is 10.5. The summed E-state index contributed by atoms with van der Waals surface area (Å²) in [4.78, 5) is 26.1. The molecule has 11 heteroatoms. The van der Waals surface area contributed by atoms with Crippen LogP contribution in [0.3, 0.4) is 0 Å². The number of hydrogen-bond acceptors (Lipinski definition) is 9. The van der Waals surface area contributed by atoms with Gasteiger partial charge in [-0.2, -0.15) is 15.1 Å². The summed E-state index contributed by atoms with van der Waals surface area (Å²) in [6.45, 7) is 4.41. The van der Waals surface area contributed by atoms with Crippen LogP contribution in [0, 0.1) is 5.92 Å². The van der Waals surface area contributed by atoms with Crippen molar-refractivity contribution < 1.29 is 19.4 Å². The van der Waals surface area contributed by atoms with E-state index in [1.54, 1.807) is 19.2 Å². The predicted molar refractivity (Wildman–Crippen MR) is 127 cm³/mol. The Bertz CT molecular complexity index is 968. The fraction of sp³-hybridized carbons (Fsp3) is 0.652. The lowest BCUT2D eigenvalue weighted by Gasteiger charge is -2.49. The number of aromatic nitrogens is 4. The monoisotopic (exact) mass is 473 g/mol. The number of methoxy groups -OCH3 is 1. The highest BCUT2D eigenvalue weighted by Gasteiger charge is 2.43. The molecular weight excluding hydrogens is 438 g/mol. The number of anilines is 3. The number of aromatic amines is 1. The van der Waals surface area contributed by atoms with E-state index in [0.29, 0.717) is 41.7 Å². The summed E-state index contributed by atoms with van der Waals surface area (Å²) >= 11 is 0. The quantitative estimate of drug-likeness (QED) is 0.530. The Hall–Kier alpha value is -3.08. The van der Waals surface area contributed by atoms with E-state index in [-0.39, 0.29) is 30.8 Å². The summed E-state index contributed by atoms with van der Waals surface area (Å²) in [5.74, 6) is 2.38. The first-order valence-corrected chi connectivity index (χ1v) is 11.9. The molecule has 2 saturated heterocycles. The summed E-state index contributed by atoms with van der Waals surface area (Å²) in [5.41, 5.74) is 0.603. The number of amides is 1. The molecule has 2 aromatic rings. The van der Waals surface area contributed by atoms with Gasteiger partial charge in [0.05, 0.1) is 26.0 Å². The summed E-state index contributed by atoms with van der Waals surface area (Å²) < 4.78 is 11.0. The largest absolute Gasteiger partial charge is 0.481 e. The van der Waals surface area contributed by atoms with E-state index in [9.17, 15) is 9.90 Å². The van der Waals surface area contributed by atoms with Gasteiger partial charge in [-0.05, 0) is 38.0 Å². The number of aliphatic hydroxyl groups is 1. The van der Waals surface area contributed by atoms with Crippen molar-refractivity contribution >= 4 is 23.7 Å².